The van der Waals surface area contributed by atoms with Gasteiger partial charge < -0.3 is 14.2 Å². The van der Waals surface area contributed by atoms with Crippen LogP contribution in [0.3, 0.4) is 0 Å². The van der Waals surface area contributed by atoms with E-state index in [1.165, 1.54) is 21.0 Å². The molecule has 0 radical (unpaired) electrons. The highest BCUT2D eigenvalue weighted by Gasteiger charge is 2.24. The fourth-order valence-corrected chi connectivity index (χ4v) is 2.71. The van der Waals surface area contributed by atoms with Crippen molar-refractivity contribution in [2.75, 3.05) is 7.11 Å². The molecule has 2 aromatic carbocycles. The summed E-state index contributed by atoms with van der Waals surface area (Å²) in [6.07, 6.45) is 0.559. The second-order valence-electron chi connectivity index (χ2n) is 5.21. The van der Waals surface area contributed by atoms with Crippen molar-refractivity contribution in [2.45, 2.75) is 34.1 Å². The first-order valence-electron chi connectivity index (χ1n) is 7.39. The largest absolute Gasteiger partial charge is 0.492 e. The quantitative estimate of drug-likeness (QED) is 0.637. The van der Waals surface area contributed by atoms with Gasteiger partial charge >= 0.3 is 11.9 Å². The first-order chi connectivity index (χ1) is 10.9. The van der Waals surface area contributed by atoms with Gasteiger partial charge in [-0.05, 0) is 18.9 Å². The molecule has 2 aromatic rings. The van der Waals surface area contributed by atoms with Gasteiger partial charge in [-0.15, -0.1) is 0 Å². The van der Waals surface area contributed by atoms with Crippen LogP contribution in [0, 0.1) is 6.92 Å². The van der Waals surface area contributed by atoms with Gasteiger partial charge in [0.05, 0.1) is 7.11 Å². The summed E-state index contributed by atoms with van der Waals surface area (Å²) in [6.45, 7) is 6.52. The molecule has 0 heterocycles. The Labute approximate surface area is 135 Å². The smallest absolute Gasteiger partial charge is 0.308 e. The number of rotatable bonds is 4. The molecule has 0 aliphatic carbocycles. The number of methoxy groups -OCH3 is 1. The predicted molar refractivity (Wildman–Crippen MR) is 87.2 cm³/mol. The second-order valence-corrected chi connectivity index (χ2v) is 5.21. The number of esters is 2. The van der Waals surface area contributed by atoms with Crippen LogP contribution in [0.15, 0.2) is 18.2 Å². The van der Waals surface area contributed by atoms with Crippen LogP contribution in [0.4, 0.5) is 0 Å². The lowest BCUT2D eigenvalue weighted by Crippen LogP contribution is -2.09. The molecule has 0 saturated carbocycles. The van der Waals surface area contributed by atoms with Gasteiger partial charge in [0.25, 0.3) is 0 Å². The summed E-state index contributed by atoms with van der Waals surface area (Å²) in [4.78, 5) is 23.1. The molecule has 5 nitrogen and oxygen atoms in total. The van der Waals surface area contributed by atoms with Crippen molar-refractivity contribution in [3.05, 3.63) is 29.3 Å². The maximum Gasteiger partial charge on any atom is 0.308 e. The van der Waals surface area contributed by atoms with Crippen molar-refractivity contribution in [3.63, 3.8) is 0 Å². The van der Waals surface area contributed by atoms with Crippen LogP contribution in [-0.2, 0) is 16.0 Å². The average Bonchev–Trinajstić information content (AvgIpc) is 2.48. The van der Waals surface area contributed by atoms with E-state index in [0.29, 0.717) is 40.0 Å². The summed E-state index contributed by atoms with van der Waals surface area (Å²) in [5, 5.41) is 1.42. The molecule has 0 atom stereocenters. The van der Waals surface area contributed by atoms with Crippen molar-refractivity contribution in [3.8, 4) is 17.2 Å². The minimum Gasteiger partial charge on any atom is -0.492 e. The Morgan fingerprint density at radius 2 is 1.61 bits per heavy atom. The molecule has 23 heavy (non-hydrogen) atoms. The van der Waals surface area contributed by atoms with E-state index >= 15 is 0 Å². The number of aryl methyl sites for hydroxylation is 1. The third-order valence-corrected chi connectivity index (χ3v) is 3.55. The normalized spacial score (nSPS) is 10.5. The summed E-state index contributed by atoms with van der Waals surface area (Å²) < 4.78 is 16.4. The van der Waals surface area contributed by atoms with Gasteiger partial charge in [-0.25, -0.2) is 0 Å². The Kier molecular flexibility index (Phi) is 4.89. The Morgan fingerprint density at radius 1 is 1.00 bits per heavy atom. The van der Waals surface area contributed by atoms with Crippen LogP contribution in [0.5, 0.6) is 17.2 Å². The molecule has 0 unspecified atom stereocenters. The number of ether oxygens (including phenoxy) is 3. The first-order valence-corrected chi connectivity index (χ1v) is 7.39. The average molecular weight is 316 g/mol. The molecule has 0 aliphatic rings. The van der Waals surface area contributed by atoms with Gasteiger partial charge in [-0.1, -0.05) is 25.1 Å². The van der Waals surface area contributed by atoms with Gasteiger partial charge in [0, 0.05) is 30.2 Å². The number of hydrogen-bond acceptors (Lipinski definition) is 5. The van der Waals surface area contributed by atoms with Crippen LogP contribution >= 0.6 is 0 Å². The predicted octanol–water partition coefficient (Wildman–Crippen LogP) is 3.57. The minimum atomic E-state index is -0.435. The van der Waals surface area contributed by atoms with Crippen molar-refractivity contribution in [1.29, 1.82) is 0 Å². The second kappa shape index (κ2) is 6.69. The molecule has 0 aliphatic heterocycles. The molecule has 0 aromatic heterocycles. The lowest BCUT2D eigenvalue weighted by Gasteiger charge is -2.20. The molecule has 0 N–H and O–H groups in total. The van der Waals surface area contributed by atoms with Crippen LogP contribution < -0.4 is 14.2 Å². The molecule has 0 spiro atoms. The standard InChI is InChI=1S/C18H20O5/c1-6-13-16(22-11(3)19)14-9-7-8-10(2)15(14)18(17(13)21-5)23-12(4)20/h7-9H,6H2,1-5H3. The first kappa shape index (κ1) is 16.8. The number of carbonyl (C=O) groups excluding carboxylic acids is 2. The van der Waals surface area contributed by atoms with Gasteiger partial charge in [0.15, 0.2) is 11.5 Å². The molecule has 0 fully saturated rings. The van der Waals surface area contributed by atoms with E-state index in [4.69, 9.17) is 14.2 Å². The molecule has 0 amide bonds. The lowest BCUT2D eigenvalue weighted by molar-refractivity contribution is -0.133. The van der Waals surface area contributed by atoms with Crippen molar-refractivity contribution in [2.24, 2.45) is 0 Å². The van der Waals surface area contributed by atoms with Gasteiger partial charge in [0.2, 0.25) is 0 Å². The zero-order chi connectivity index (χ0) is 17.1. The summed E-state index contributed by atoms with van der Waals surface area (Å²) >= 11 is 0. The Morgan fingerprint density at radius 3 is 2.13 bits per heavy atom. The SMILES string of the molecule is CCc1c(OC)c(OC(C)=O)c2c(C)cccc2c1OC(C)=O. The monoisotopic (exact) mass is 316 g/mol. The molecule has 2 rings (SSSR count). The zero-order valence-corrected chi connectivity index (χ0v) is 14.0. The fraction of sp³-hybridized carbons (Fsp3) is 0.333. The molecular formula is C18H20O5. The Bertz CT molecular complexity index is 777. The Balaban J connectivity index is 2.98. The fourth-order valence-electron chi connectivity index (χ4n) is 2.71. The van der Waals surface area contributed by atoms with E-state index in [-0.39, 0.29) is 0 Å². The van der Waals surface area contributed by atoms with Crippen molar-refractivity contribution < 1.29 is 23.8 Å². The van der Waals surface area contributed by atoms with Crippen molar-refractivity contribution in [1.82, 2.24) is 0 Å². The van der Waals surface area contributed by atoms with E-state index < -0.39 is 11.9 Å². The highest BCUT2D eigenvalue weighted by atomic mass is 16.6. The van der Waals surface area contributed by atoms with Gasteiger partial charge in [-0.2, -0.15) is 0 Å². The molecule has 5 heteroatoms. The molecule has 0 bridgehead atoms. The zero-order valence-electron chi connectivity index (χ0n) is 14.0. The summed E-state index contributed by atoms with van der Waals surface area (Å²) in [5.74, 6) is 0.382. The number of fused-ring (bicyclic) bond motifs is 1. The van der Waals surface area contributed by atoms with Gasteiger partial charge in [-0.3, -0.25) is 9.59 Å². The maximum atomic E-state index is 11.5. The van der Waals surface area contributed by atoms with Crippen LogP contribution in [-0.4, -0.2) is 19.0 Å². The number of benzene rings is 2. The van der Waals surface area contributed by atoms with E-state index in [1.807, 2.05) is 32.0 Å². The topological polar surface area (TPSA) is 61.8 Å². The third kappa shape index (κ3) is 3.13. The summed E-state index contributed by atoms with van der Waals surface area (Å²) in [7, 11) is 1.50. The Hall–Kier alpha value is -2.56. The molecular weight excluding hydrogens is 296 g/mol. The van der Waals surface area contributed by atoms with Crippen LogP contribution in [0.2, 0.25) is 0 Å². The number of carbonyl (C=O) groups is 2. The van der Waals surface area contributed by atoms with Crippen LogP contribution in [0.1, 0.15) is 31.9 Å². The van der Waals surface area contributed by atoms with Gasteiger partial charge in [0.1, 0.15) is 5.75 Å². The minimum absolute atomic E-state index is 0.362. The van der Waals surface area contributed by atoms with E-state index in [2.05, 4.69) is 0 Å². The molecule has 0 saturated heterocycles. The summed E-state index contributed by atoms with van der Waals surface area (Å²) in [5.41, 5.74) is 1.59. The highest BCUT2D eigenvalue weighted by Crippen LogP contribution is 2.47. The summed E-state index contributed by atoms with van der Waals surface area (Å²) in [6, 6.07) is 5.61. The van der Waals surface area contributed by atoms with Crippen LogP contribution in [0.25, 0.3) is 10.8 Å². The highest BCUT2D eigenvalue weighted by molar-refractivity contribution is 6.01. The van der Waals surface area contributed by atoms with Crippen molar-refractivity contribution >= 4 is 22.7 Å². The third-order valence-electron chi connectivity index (χ3n) is 3.55. The maximum absolute atomic E-state index is 11.5. The van der Waals surface area contributed by atoms with E-state index in [1.54, 1.807) is 0 Å². The molecule has 122 valence electrons. The lowest BCUT2D eigenvalue weighted by atomic mass is 9.97. The van der Waals surface area contributed by atoms with E-state index in [0.717, 1.165) is 5.56 Å². The number of hydrogen-bond donors (Lipinski definition) is 0. The van der Waals surface area contributed by atoms with E-state index in [9.17, 15) is 9.59 Å².